The second kappa shape index (κ2) is 7.11. The number of aliphatic imine (C=N–C) groups is 1. The minimum atomic E-state index is 0.0552. The summed E-state index contributed by atoms with van der Waals surface area (Å²) in [5.41, 5.74) is 7.50. The van der Waals surface area contributed by atoms with E-state index in [4.69, 9.17) is 0 Å². The molecule has 26 heavy (non-hydrogen) atoms. The summed E-state index contributed by atoms with van der Waals surface area (Å²) >= 11 is 0. The maximum absolute atomic E-state index is 4.66. The fourth-order valence-electron chi connectivity index (χ4n) is 3.85. The third kappa shape index (κ3) is 3.60. The van der Waals surface area contributed by atoms with Crippen LogP contribution in [0.3, 0.4) is 0 Å². The molecule has 0 saturated heterocycles. The van der Waals surface area contributed by atoms with Crippen LogP contribution in [-0.2, 0) is 0 Å². The Balaban J connectivity index is 1.88. The minimum absolute atomic E-state index is 0.0552. The standard InChI is InChI=1S/C24H30N2/c1-7-26-23-13-8-19(14-22(23)18(4)15-24(26,5)6)16-25-21-11-9-20(10-12-21)17(2)3/h8-17H,7H2,1-6H3. The van der Waals surface area contributed by atoms with Crippen molar-refractivity contribution >= 4 is 23.2 Å². The van der Waals surface area contributed by atoms with Gasteiger partial charge in [-0.3, -0.25) is 4.99 Å². The third-order valence-corrected chi connectivity index (χ3v) is 5.24. The van der Waals surface area contributed by atoms with Crippen molar-refractivity contribution in [1.29, 1.82) is 0 Å². The monoisotopic (exact) mass is 346 g/mol. The topological polar surface area (TPSA) is 15.6 Å². The number of hydrogen-bond acceptors (Lipinski definition) is 2. The lowest BCUT2D eigenvalue weighted by Gasteiger charge is -2.42. The van der Waals surface area contributed by atoms with E-state index in [9.17, 15) is 0 Å². The van der Waals surface area contributed by atoms with Gasteiger partial charge in [0.05, 0.1) is 11.2 Å². The average molecular weight is 347 g/mol. The summed E-state index contributed by atoms with van der Waals surface area (Å²) in [5, 5.41) is 0. The van der Waals surface area contributed by atoms with Gasteiger partial charge in [0.15, 0.2) is 0 Å². The van der Waals surface area contributed by atoms with E-state index in [-0.39, 0.29) is 5.54 Å². The molecule has 2 heteroatoms. The molecule has 0 bridgehead atoms. The van der Waals surface area contributed by atoms with Crippen LogP contribution >= 0.6 is 0 Å². The van der Waals surface area contributed by atoms with Gasteiger partial charge in [-0.2, -0.15) is 0 Å². The van der Waals surface area contributed by atoms with Crippen molar-refractivity contribution in [2.75, 3.05) is 11.4 Å². The van der Waals surface area contributed by atoms with Crippen LogP contribution in [0.25, 0.3) is 5.57 Å². The van der Waals surface area contributed by atoms with Crippen LogP contribution in [0.4, 0.5) is 11.4 Å². The van der Waals surface area contributed by atoms with Crippen molar-refractivity contribution in [2.24, 2.45) is 4.99 Å². The molecule has 1 aliphatic heterocycles. The van der Waals surface area contributed by atoms with Crippen molar-refractivity contribution in [2.45, 2.75) is 53.0 Å². The smallest absolute Gasteiger partial charge is 0.0630 e. The zero-order valence-electron chi connectivity index (χ0n) is 16.9. The van der Waals surface area contributed by atoms with E-state index >= 15 is 0 Å². The molecule has 0 N–H and O–H groups in total. The van der Waals surface area contributed by atoms with Gasteiger partial charge in [-0.05, 0) is 74.6 Å². The highest BCUT2D eigenvalue weighted by Crippen LogP contribution is 2.38. The second-order valence-electron chi connectivity index (χ2n) is 8.01. The predicted octanol–water partition coefficient (Wildman–Crippen LogP) is 6.58. The van der Waals surface area contributed by atoms with Gasteiger partial charge in [0.1, 0.15) is 0 Å². The van der Waals surface area contributed by atoms with Gasteiger partial charge in [0.2, 0.25) is 0 Å². The van der Waals surface area contributed by atoms with E-state index in [0.717, 1.165) is 17.8 Å². The number of benzene rings is 2. The number of anilines is 1. The maximum Gasteiger partial charge on any atom is 0.0630 e. The first-order valence-corrected chi connectivity index (χ1v) is 9.57. The van der Waals surface area contributed by atoms with Crippen molar-refractivity contribution < 1.29 is 0 Å². The summed E-state index contributed by atoms with van der Waals surface area (Å²) in [6, 6.07) is 15.2. The Kier molecular flexibility index (Phi) is 5.04. The van der Waals surface area contributed by atoms with E-state index in [1.807, 2.05) is 6.21 Å². The first-order valence-electron chi connectivity index (χ1n) is 9.57. The van der Waals surface area contributed by atoms with Gasteiger partial charge < -0.3 is 4.90 Å². The van der Waals surface area contributed by atoms with Gasteiger partial charge in [0.25, 0.3) is 0 Å². The minimum Gasteiger partial charge on any atom is -0.363 e. The fraction of sp³-hybridized carbons (Fsp3) is 0.375. The van der Waals surface area contributed by atoms with Gasteiger partial charge >= 0.3 is 0 Å². The van der Waals surface area contributed by atoms with Crippen molar-refractivity contribution in [3.63, 3.8) is 0 Å². The SMILES string of the molecule is CCN1c2ccc(C=Nc3ccc(C(C)C)cc3)cc2C(C)=CC1(C)C. The number of hydrogen-bond donors (Lipinski definition) is 0. The van der Waals surface area contributed by atoms with E-state index in [2.05, 4.69) is 100.0 Å². The number of fused-ring (bicyclic) bond motifs is 1. The second-order valence-corrected chi connectivity index (χ2v) is 8.01. The molecule has 0 amide bonds. The molecule has 0 atom stereocenters. The number of allylic oxidation sites excluding steroid dienone is 1. The molecule has 2 aromatic rings. The summed E-state index contributed by atoms with van der Waals surface area (Å²) in [4.78, 5) is 7.12. The van der Waals surface area contributed by atoms with Crippen molar-refractivity contribution in [1.82, 2.24) is 0 Å². The van der Waals surface area contributed by atoms with E-state index < -0.39 is 0 Å². The summed E-state index contributed by atoms with van der Waals surface area (Å²) in [6.07, 6.45) is 4.33. The highest BCUT2D eigenvalue weighted by Gasteiger charge is 2.29. The lowest BCUT2D eigenvalue weighted by atomic mass is 9.88. The summed E-state index contributed by atoms with van der Waals surface area (Å²) < 4.78 is 0. The zero-order valence-corrected chi connectivity index (χ0v) is 16.9. The van der Waals surface area contributed by atoms with Gasteiger partial charge in [0, 0.05) is 24.0 Å². The first kappa shape index (κ1) is 18.4. The Morgan fingerprint density at radius 3 is 2.38 bits per heavy atom. The molecule has 1 heterocycles. The van der Waals surface area contributed by atoms with Crippen LogP contribution in [0.1, 0.15) is 64.2 Å². The highest BCUT2D eigenvalue weighted by molar-refractivity contribution is 5.88. The third-order valence-electron chi connectivity index (χ3n) is 5.24. The highest BCUT2D eigenvalue weighted by atomic mass is 15.2. The Morgan fingerprint density at radius 1 is 1.08 bits per heavy atom. The Morgan fingerprint density at radius 2 is 1.77 bits per heavy atom. The molecule has 0 radical (unpaired) electrons. The van der Waals surface area contributed by atoms with Crippen LogP contribution in [0.15, 0.2) is 53.5 Å². The molecule has 0 spiro atoms. The lowest BCUT2D eigenvalue weighted by molar-refractivity contribution is 0.566. The molecule has 0 aliphatic carbocycles. The largest absolute Gasteiger partial charge is 0.363 e. The molecular weight excluding hydrogens is 316 g/mol. The first-order chi connectivity index (χ1) is 12.3. The predicted molar refractivity (Wildman–Crippen MR) is 115 cm³/mol. The van der Waals surface area contributed by atoms with Crippen LogP contribution in [0.2, 0.25) is 0 Å². The molecule has 1 aliphatic rings. The Bertz CT molecular complexity index is 839. The quantitative estimate of drug-likeness (QED) is 0.571. The van der Waals surface area contributed by atoms with Gasteiger partial charge in [-0.15, -0.1) is 0 Å². The summed E-state index contributed by atoms with van der Waals surface area (Å²) in [7, 11) is 0. The molecule has 0 unspecified atom stereocenters. The molecule has 0 saturated carbocycles. The van der Waals surface area contributed by atoms with Gasteiger partial charge in [-0.1, -0.05) is 38.1 Å². The summed E-state index contributed by atoms with van der Waals surface area (Å²) in [5.74, 6) is 0.550. The normalized spacial score (nSPS) is 16.1. The molecule has 3 rings (SSSR count). The maximum atomic E-state index is 4.66. The van der Waals surface area contributed by atoms with Crippen LogP contribution < -0.4 is 4.90 Å². The molecular formula is C24H30N2. The van der Waals surface area contributed by atoms with Gasteiger partial charge in [-0.25, -0.2) is 0 Å². The van der Waals surface area contributed by atoms with Crippen LogP contribution in [0, 0.1) is 0 Å². The lowest BCUT2D eigenvalue weighted by Crippen LogP contribution is -2.44. The molecule has 136 valence electrons. The fourth-order valence-corrected chi connectivity index (χ4v) is 3.85. The number of rotatable bonds is 4. The van der Waals surface area contributed by atoms with Crippen LogP contribution in [0.5, 0.6) is 0 Å². The Hall–Kier alpha value is -2.35. The zero-order chi connectivity index (χ0) is 18.9. The molecule has 0 fully saturated rings. The van der Waals surface area contributed by atoms with E-state index in [1.165, 1.54) is 22.4 Å². The van der Waals surface area contributed by atoms with Crippen LogP contribution in [-0.4, -0.2) is 18.3 Å². The average Bonchev–Trinajstić information content (AvgIpc) is 2.60. The molecule has 2 nitrogen and oxygen atoms in total. The molecule has 2 aromatic carbocycles. The molecule has 0 aromatic heterocycles. The number of nitrogens with zero attached hydrogens (tertiary/aromatic N) is 2. The Labute approximate surface area is 158 Å². The van der Waals surface area contributed by atoms with Crippen molar-refractivity contribution in [3.8, 4) is 0 Å². The number of likely N-dealkylation sites (N-methyl/N-ethyl adjacent to an activating group) is 1. The summed E-state index contributed by atoms with van der Waals surface area (Å²) in [6.45, 7) is 14.4. The van der Waals surface area contributed by atoms with E-state index in [0.29, 0.717) is 5.92 Å². The van der Waals surface area contributed by atoms with E-state index in [1.54, 1.807) is 0 Å². The van der Waals surface area contributed by atoms with Crippen molar-refractivity contribution in [3.05, 3.63) is 65.2 Å².